The van der Waals surface area contributed by atoms with Gasteiger partial charge in [0, 0.05) is 36.8 Å². The van der Waals surface area contributed by atoms with E-state index in [1.54, 1.807) is 0 Å². The lowest BCUT2D eigenvalue weighted by Crippen LogP contribution is -2.28. The highest BCUT2D eigenvalue weighted by molar-refractivity contribution is 5.94. The molecule has 1 aliphatic carbocycles. The molecule has 0 bridgehead atoms. The average molecular weight is 421 g/mol. The third-order valence-electron chi connectivity index (χ3n) is 5.64. The van der Waals surface area contributed by atoms with Gasteiger partial charge in [-0.3, -0.25) is 4.79 Å². The van der Waals surface area contributed by atoms with Crippen LogP contribution in [0.4, 0.5) is 24.8 Å². The zero-order valence-electron chi connectivity index (χ0n) is 17.3. The second kappa shape index (κ2) is 8.89. The molecule has 1 amide bonds. The Bertz CT molecular complexity index is 945. The predicted octanol–water partition coefficient (Wildman–Crippen LogP) is 3.90. The zero-order chi connectivity index (χ0) is 22.0. The molecule has 1 heterocycles. The highest BCUT2D eigenvalue weighted by Crippen LogP contribution is 2.38. The Kier molecular flexibility index (Phi) is 6.48. The van der Waals surface area contributed by atoms with Gasteiger partial charge in [-0.25, -0.2) is 23.1 Å². The van der Waals surface area contributed by atoms with Crippen LogP contribution in [-0.2, 0) is 0 Å². The summed E-state index contributed by atoms with van der Waals surface area (Å²) in [5, 5.41) is 3.39. The van der Waals surface area contributed by atoms with Crippen LogP contribution in [0.15, 0.2) is 12.1 Å². The molecule has 3 N–H and O–H groups in total. The summed E-state index contributed by atoms with van der Waals surface area (Å²) in [5.41, 5.74) is 4.87. The van der Waals surface area contributed by atoms with Gasteiger partial charge in [0.15, 0.2) is 17.5 Å². The van der Waals surface area contributed by atoms with Crippen molar-refractivity contribution in [1.82, 2.24) is 9.97 Å². The van der Waals surface area contributed by atoms with Crippen LogP contribution in [0.1, 0.15) is 60.3 Å². The lowest BCUT2D eigenvalue weighted by molar-refractivity contribution is 0.0997. The van der Waals surface area contributed by atoms with Crippen LogP contribution >= 0.6 is 0 Å². The van der Waals surface area contributed by atoms with Gasteiger partial charge < -0.3 is 16.0 Å². The van der Waals surface area contributed by atoms with Gasteiger partial charge in [0.2, 0.25) is 5.91 Å². The molecule has 6 nitrogen and oxygen atoms in total. The maximum Gasteiger partial charge on any atom is 0.249 e. The Morgan fingerprint density at radius 2 is 1.83 bits per heavy atom. The van der Waals surface area contributed by atoms with E-state index in [9.17, 15) is 18.0 Å². The van der Waals surface area contributed by atoms with E-state index in [-0.39, 0.29) is 17.2 Å². The number of aryl methyl sites for hydroxylation is 1. The molecule has 0 aliphatic heterocycles. The quantitative estimate of drug-likeness (QED) is 0.692. The molecule has 1 fully saturated rings. The maximum absolute atomic E-state index is 14.4. The fraction of sp³-hybridized carbons (Fsp3) is 0.476. The molecule has 9 heteroatoms. The van der Waals surface area contributed by atoms with E-state index >= 15 is 0 Å². The van der Waals surface area contributed by atoms with Crippen molar-refractivity contribution in [1.29, 1.82) is 0 Å². The van der Waals surface area contributed by atoms with Crippen LogP contribution in [0.25, 0.3) is 0 Å². The molecule has 2 aromatic rings. The van der Waals surface area contributed by atoms with E-state index in [4.69, 9.17) is 5.73 Å². The number of nitrogens with one attached hydrogen (secondary N) is 1. The molecule has 0 unspecified atom stereocenters. The first-order valence-corrected chi connectivity index (χ1v) is 10.0. The SMILES string of the molecule is CCN(C)c1cc(NC2CCC(c3c(C(N)=O)cc(F)c(F)c3F)CC2)nc(C)n1. The van der Waals surface area contributed by atoms with Crippen molar-refractivity contribution in [3.63, 3.8) is 0 Å². The number of hydrogen-bond acceptors (Lipinski definition) is 5. The zero-order valence-corrected chi connectivity index (χ0v) is 17.3. The number of anilines is 2. The van der Waals surface area contributed by atoms with Crippen molar-refractivity contribution in [2.24, 2.45) is 5.73 Å². The normalized spacial score (nSPS) is 18.9. The largest absolute Gasteiger partial charge is 0.367 e. The molecule has 0 saturated heterocycles. The van der Waals surface area contributed by atoms with Gasteiger partial charge in [0.05, 0.1) is 0 Å². The number of nitrogens with zero attached hydrogens (tertiary/aromatic N) is 3. The minimum atomic E-state index is -1.57. The molecule has 162 valence electrons. The summed E-state index contributed by atoms with van der Waals surface area (Å²) in [5.74, 6) is -3.50. The van der Waals surface area contributed by atoms with Gasteiger partial charge in [-0.1, -0.05) is 0 Å². The summed E-state index contributed by atoms with van der Waals surface area (Å²) in [6.07, 6.45) is 2.32. The number of halogens is 3. The fourth-order valence-corrected chi connectivity index (χ4v) is 3.93. The number of carbonyl (C=O) groups excluding carboxylic acids is 1. The second-order valence-corrected chi connectivity index (χ2v) is 7.68. The number of primary amides is 1. The highest BCUT2D eigenvalue weighted by atomic mass is 19.2. The first-order valence-electron chi connectivity index (χ1n) is 10.0. The monoisotopic (exact) mass is 421 g/mol. The van der Waals surface area contributed by atoms with Crippen LogP contribution in [0.3, 0.4) is 0 Å². The molecule has 1 aromatic carbocycles. The lowest BCUT2D eigenvalue weighted by atomic mass is 9.79. The van der Waals surface area contributed by atoms with Crippen molar-refractivity contribution < 1.29 is 18.0 Å². The molecule has 1 aromatic heterocycles. The molecule has 1 saturated carbocycles. The van der Waals surface area contributed by atoms with Crippen molar-refractivity contribution in [3.8, 4) is 0 Å². The number of nitrogens with two attached hydrogens (primary N) is 1. The van der Waals surface area contributed by atoms with Crippen molar-refractivity contribution >= 4 is 17.5 Å². The first kappa shape index (κ1) is 21.9. The number of rotatable bonds is 6. The summed E-state index contributed by atoms with van der Waals surface area (Å²) >= 11 is 0. The molecule has 1 aliphatic rings. The Morgan fingerprint density at radius 1 is 1.17 bits per heavy atom. The smallest absolute Gasteiger partial charge is 0.249 e. The Hall–Kier alpha value is -2.84. The van der Waals surface area contributed by atoms with E-state index in [1.165, 1.54) is 0 Å². The maximum atomic E-state index is 14.4. The number of benzene rings is 1. The number of amides is 1. The van der Waals surface area contributed by atoms with Gasteiger partial charge >= 0.3 is 0 Å². The van der Waals surface area contributed by atoms with Crippen molar-refractivity contribution in [2.75, 3.05) is 23.8 Å². The van der Waals surface area contributed by atoms with Crippen molar-refractivity contribution in [2.45, 2.75) is 51.5 Å². The Labute approximate surface area is 173 Å². The molecule has 0 atom stereocenters. The number of hydrogen-bond donors (Lipinski definition) is 2. The molecule has 0 radical (unpaired) electrons. The van der Waals surface area contributed by atoms with E-state index < -0.39 is 29.3 Å². The average Bonchev–Trinajstić information content (AvgIpc) is 2.71. The second-order valence-electron chi connectivity index (χ2n) is 7.68. The van der Waals surface area contributed by atoms with Gasteiger partial charge in [-0.2, -0.15) is 0 Å². The number of carbonyl (C=O) groups is 1. The van der Waals surface area contributed by atoms with E-state index in [2.05, 4.69) is 15.3 Å². The first-order chi connectivity index (χ1) is 14.2. The number of aromatic nitrogens is 2. The van der Waals surface area contributed by atoms with Crippen LogP contribution in [0.2, 0.25) is 0 Å². The van der Waals surface area contributed by atoms with Gasteiger partial charge in [-0.15, -0.1) is 0 Å². The van der Waals surface area contributed by atoms with Crippen LogP contribution in [0.5, 0.6) is 0 Å². The van der Waals surface area contributed by atoms with Crippen molar-refractivity contribution in [3.05, 3.63) is 46.5 Å². The van der Waals surface area contributed by atoms with E-state index in [0.29, 0.717) is 43.4 Å². The Morgan fingerprint density at radius 3 is 2.43 bits per heavy atom. The summed E-state index contributed by atoms with van der Waals surface area (Å²) in [6, 6.07) is 2.65. The third-order valence-corrected chi connectivity index (χ3v) is 5.64. The van der Waals surface area contributed by atoms with Crippen LogP contribution in [0, 0.1) is 24.4 Å². The van der Waals surface area contributed by atoms with E-state index in [1.807, 2.05) is 31.9 Å². The predicted molar refractivity (Wildman–Crippen MR) is 109 cm³/mol. The molecule has 0 spiro atoms. The van der Waals surface area contributed by atoms with Gasteiger partial charge in [0.25, 0.3) is 0 Å². The molecule has 3 rings (SSSR count). The van der Waals surface area contributed by atoms with E-state index in [0.717, 1.165) is 12.4 Å². The summed E-state index contributed by atoms with van der Waals surface area (Å²) < 4.78 is 41.8. The highest BCUT2D eigenvalue weighted by Gasteiger charge is 2.31. The van der Waals surface area contributed by atoms with Gasteiger partial charge in [-0.05, 0) is 51.5 Å². The summed E-state index contributed by atoms with van der Waals surface area (Å²) in [7, 11) is 1.95. The van der Waals surface area contributed by atoms with Crippen LogP contribution in [-0.4, -0.2) is 35.5 Å². The topological polar surface area (TPSA) is 84.1 Å². The third kappa shape index (κ3) is 4.49. The summed E-state index contributed by atoms with van der Waals surface area (Å²) in [4.78, 5) is 22.5. The fourth-order valence-electron chi connectivity index (χ4n) is 3.93. The molecular formula is C21H26F3N5O. The van der Waals surface area contributed by atoms with Crippen LogP contribution < -0.4 is 16.0 Å². The van der Waals surface area contributed by atoms with Gasteiger partial charge in [0.1, 0.15) is 17.5 Å². The molecule has 30 heavy (non-hydrogen) atoms. The summed E-state index contributed by atoms with van der Waals surface area (Å²) in [6.45, 7) is 4.67. The lowest BCUT2D eigenvalue weighted by Gasteiger charge is -2.31. The molecular weight excluding hydrogens is 395 g/mol. The minimum Gasteiger partial charge on any atom is -0.367 e. The minimum absolute atomic E-state index is 0.0840. The standard InChI is InChI=1S/C21H26F3N5O/c1-4-29(3)17-10-16(26-11(2)27-17)28-13-7-5-12(6-8-13)18-14(21(25)30)9-15(22)19(23)20(18)24/h9-10,12-13H,4-8H2,1-3H3,(H2,25,30)(H,26,27,28). The Balaban J connectivity index is 1.74.